The summed E-state index contributed by atoms with van der Waals surface area (Å²) in [6.07, 6.45) is 2.07. The Balaban J connectivity index is 2.18. The van der Waals surface area contributed by atoms with Crippen molar-refractivity contribution in [3.63, 3.8) is 0 Å². The summed E-state index contributed by atoms with van der Waals surface area (Å²) in [5, 5.41) is 23.1. The van der Waals surface area contributed by atoms with Gasteiger partial charge in [-0.1, -0.05) is 0 Å². The van der Waals surface area contributed by atoms with Crippen LogP contribution in [0.3, 0.4) is 0 Å². The van der Waals surface area contributed by atoms with Crippen molar-refractivity contribution >= 4 is 17.3 Å². The number of hydrogen-bond donors (Lipinski definition) is 2. The molecule has 0 aliphatic carbocycles. The Hall–Kier alpha value is -2.15. The number of nitro benzene ring substituents is 1. The molecule has 1 unspecified atom stereocenters. The Morgan fingerprint density at radius 2 is 2.30 bits per heavy atom. The van der Waals surface area contributed by atoms with Crippen LogP contribution in [0.4, 0.5) is 11.4 Å². The highest BCUT2D eigenvalue weighted by Crippen LogP contribution is 2.24. The number of nitro groups is 1. The van der Waals surface area contributed by atoms with E-state index in [1.807, 2.05) is 7.05 Å². The molecule has 0 saturated carbocycles. The van der Waals surface area contributed by atoms with Gasteiger partial charge in [-0.3, -0.25) is 10.1 Å². The number of carbonyl (C=O) groups is 1. The lowest BCUT2D eigenvalue weighted by Crippen LogP contribution is -2.39. The van der Waals surface area contributed by atoms with E-state index in [-0.39, 0.29) is 17.3 Å². The average Bonchev–Trinajstić information content (AvgIpc) is 2.38. The lowest BCUT2D eigenvalue weighted by atomic mass is 10.1. The molecule has 0 amide bonds. The van der Waals surface area contributed by atoms with Gasteiger partial charge in [-0.2, -0.15) is 0 Å². The number of nitrogens with zero attached hydrogens (tertiary/aromatic N) is 2. The number of hydrogen-bond acceptors (Lipinski definition) is 5. The number of piperidine rings is 1. The van der Waals surface area contributed by atoms with Crippen molar-refractivity contribution in [3.05, 3.63) is 33.9 Å². The molecule has 0 bridgehead atoms. The highest BCUT2D eigenvalue weighted by atomic mass is 16.6. The van der Waals surface area contributed by atoms with Crippen molar-refractivity contribution in [3.8, 4) is 0 Å². The minimum absolute atomic E-state index is 0.226. The molecule has 0 aromatic heterocycles. The van der Waals surface area contributed by atoms with Crippen molar-refractivity contribution in [2.75, 3.05) is 25.5 Å². The van der Waals surface area contributed by atoms with E-state index >= 15 is 0 Å². The first kappa shape index (κ1) is 14.3. The number of carboxylic acids is 1. The minimum atomic E-state index is -1.29. The third kappa shape index (κ3) is 3.24. The first-order chi connectivity index (χ1) is 9.47. The number of rotatable bonds is 4. The first-order valence-corrected chi connectivity index (χ1v) is 6.44. The minimum Gasteiger partial charge on any atom is -0.477 e. The number of likely N-dealkylation sites (tertiary alicyclic amines) is 1. The third-order valence-electron chi connectivity index (χ3n) is 3.42. The second kappa shape index (κ2) is 5.87. The van der Waals surface area contributed by atoms with E-state index in [1.165, 1.54) is 12.1 Å². The van der Waals surface area contributed by atoms with Gasteiger partial charge in [-0.15, -0.1) is 0 Å². The predicted molar refractivity (Wildman–Crippen MR) is 74.2 cm³/mol. The van der Waals surface area contributed by atoms with Gasteiger partial charge in [0.1, 0.15) is 5.56 Å². The Morgan fingerprint density at radius 1 is 1.55 bits per heavy atom. The van der Waals surface area contributed by atoms with Crippen molar-refractivity contribution in [2.24, 2.45) is 0 Å². The van der Waals surface area contributed by atoms with Gasteiger partial charge in [-0.25, -0.2) is 4.79 Å². The zero-order valence-corrected chi connectivity index (χ0v) is 11.2. The fourth-order valence-corrected chi connectivity index (χ4v) is 2.47. The summed E-state index contributed by atoms with van der Waals surface area (Å²) in [6.45, 7) is 1.92. The molecule has 1 atom stereocenters. The summed E-state index contributed by atoms with van der Waals surface area (Å²) >= 11 is 0. The number of likely N-dealkylation sites (N-methyl/N-ethyl adjacent to an activating group) is 1. The molecule has 1 aromatic rings. The van der Waals surface area contributed by atoms with Crippen LogP contribution in [0.2, 0.25) is 0 Å². The first-order valence-electron chi connectivity index (χ1n) is 6.44. The Morgan fingerprint density at radius 3 is 2.90 bits per heavy atom. The molecule has 1 aromatic carbocycles. The van der Waals surface area contributed by atoms with Crippen molar-refractivity contribution < 1.29 is 14.8 Å². The van der Waals surface area contributed by atoms with E-state index in [0.717, 1.165) is 25.9 Å². The van der Waals surface area contributed by atoms with Crippen LogP contribution in [0, 0.1) is 10.1 Å². The number of anilines is 1. The number of carboxylic acid groups (broad SMARTS) is 1. The molecule has 2 rings (SSSR count). The summed E-state index contributed by atoms with van der Waals surface area (Å²) in [4.78, 5) is 23.4. The Bertz CT molecular complexity index is 532. The quantitative estimate of drug-likeness (QED) is 0.644. The van der Waals surface area contributed by atoms with Gasteiger partial charge in [0.2, 0.25) is 0 Å². The standard InChI is InChI=1S/C13H17N3O4/c1-15-6-2-3-10(8-15)14-9-4-5-11(13(17)18)12(7-9)16(19)20/h4-5,7,10,14H,2-3,6,8H2,1H3,(H,17,18). The monoisotopic (exact) mass is 279 g/mol. The van der Waals surface area contributed by atoms with Crippen molar-refractivity contribution in [1.29, 1.82) is 0 Å². The average molecular weight is 279 g/mol. The fourth-order valence-electron chi connectivity index (χ4n) is 2.47. The molecule has 20 heavy (non-hydrogen) atoms. The molecule has 108 valence electrons. The van der Waals surface area contributed by atoms with E-state index in [1.54, 1.807) is 6.07 Å². The zero-order chi connectivity index (χ0) is 14.7. The molecule has 1 fully saturated rings. The summed E-state index contributed by atoms with van der Waals surface area (Å²) in [5.41, 5.74) is -0.0880. The number of aromatic carboxylic acids is 1. The Labute approximate surface area is 116 Å². The maximum atomic E-state index is 10.9. The van der Waals surface area contributed by atoms with Crippen LogP contribution in [0.25, 0.3) is 0 Å². The number of nitrogens with one attached hydrogen (secondary N) is 1. The molecule has 2 N–H and O–H groups in total. The van der Waals surface area contributed by atoms with E-state index < -0.39 is 10.9 Å². The fraction of sp³-hybridized carbons (Fsp3) is 0.462. The molecule has 7 nitrogen and oxygen atoms in total. The summed E-state index contributed by atoms with van der Waals surface area (Å²) in [7, 11) is 2.03. The maximum absolute atomic E-state index is 10.9. The maximum Gasteiger partial charge on any atom is 0.342 e. The zero-order valence-electron chi connectivity index (χ0n) is 11.2. The van der Waals surface area contributed by atoms with Gasteiger partial charge >= 0.3 is 5.97 Å². The topological polar surface area (TPSA) is 95.7 Å². The molecule has 7 heteroatoms. The SMILES string of the molecule is CN1CCCC(Nc2ccc(C(=O)O)c([N+](=O)[O-])c2)C1. The highest BCUT2D eigenvalue weighted by Gasteiger charge is 2.22. The van der Waals surface area contributed by atoms with Crippen molar-refractivity contribution in [1.82, 2.24) is 4.90 Å². The van der Waals surface area contributed by atoms with Crippen LogP contribution in [0.5, 0.6) is 0 Å². The van der Waals surface area contributed by atoms with Gasteiger partial charge < -0.3 is 15.3 Å². The molecule has 0 radical (unpaired) electrons. The summed E-state index contributed by atoms with van der Waals surface area (Å²) in [5.74, 6) is -1.29. The van der Waals surface area contributed by atoms with Gasteiger partial charge in [-0.05, 0) is 38.6 Å². The molecular weight excluding hydrogens is 262 g/mol. The Kier molecular flexibility index (Phi) is 4.19. The second-order valence-corrected chi connectivity index (χ2v) is 5.04. The van der Waals surface area contributed by atoms with Crippen LogP contribution in [0.15, 0.2) is 18.2 Å². The summed E-state index contributed by atoms with van der Waals surface area (Å²) in [6, 6.07) is 4.36. The molecule has 1 aliphatic rings. The van der Waals surface area contributed by atoms with Gasteiger partial charge in [0.25, 0.3) is 5.69 Å². The normalized spacial score (nSPS) is 19.6. The summed E-state index contributed by atoms with van der Waals surface area (Å²) < 4.78 is 0. The lowest BCUT2D eigenvalue weighted by Gasteiger charge is -2.30. The van der Waals surface area contributed by atoms with Gasteiger partial charge in [0.05, 0.1) is 4.92 Å². The molecule has 1 aliphatic heterocycles. The molecule has 1 heterocycles. The number of benzene rings is 1. The van der Waals surface area contributed by atoms with Crippen LogP contribution >= 0.6 is 0 Å². The van der Waals surface area contributed by atoms with Crippen molar-refractivity contribution in [2.45, 2.75) is 18.9 Å². The lowest BCUT2D eigenvalue weighted by molar-refractivity contribution is -0.385. The largest absolute Gasteiger partial charge is 0.477 e. The van der Waals surface area contributed by atoms with Crippen LogP contribution in [-0.4, -0.2) is 47.1 Å². The van der Waals surface area contributed by atoms with Gasteiger partial charge in [0, 0.05) is 24.3 Å². The van der Waals surface area contributed by atoms with Crippen LogP contribution in [0.1, 0.15) is 23.2 Å². The second-order valence-electron chi connectivity index (χ2n) is 5.04. The third-order valence-corrected chi connectivity index (χ3v) is 3.42. The predicted octanol–water partition coefficient (Wildman–Crippen LogP) is 1.80. The van der Waals surface area contributed by atoms with E-state index in [2.05, 4.69) is 10.2 Å². The molecular formula is C13H17N3O4. The van der Waals surface area contributed by atoms with Gasteiger partial charge in [0.15, 0.2) is 0 Å². The smallest absolute Gasteiger partial charge is 0.342 e. The molecule has 1 saturated heterocycles. The molecule has 0 spiro atoms. The van der Waals surface area contributed by atoms with E-state index in [9.17, 15) is 14.9 Å². The van der Waals surface area contributed by atoms with E-state index in [4.69, 9.17) is 5.11 Å². The van der Waals surface area contributed by atoms with Crippen LogP contribution < -0.4 is 5.32 Å². The highest BCUT2D eigenvalue weighted by molar-refractivity contribution is 5.93. The van der Waals surface area contributed by atoms with E-state index in [0.29, 0.717) is 5.69 Å². The van der Waals surface area contributed by atoms with Crippen LogP contribution in [-0.2, 0) is 0 Å².